The molecule has 2 aromatic rings. The quantitative estimate of drug-likeness (QED) is 0.786. The fourth-order valence-corrected chi connectivity index (χ4v) is 3.40. The standard InChI is InChI=1S/C17H21BrN2O/c1-12(2)17-10-15(19-21-17)16-7-4-8-20(16)11-13-5-3-6-14(18)9-13/h3,5-6,9-10,12,16H,4,7-8,11H2,1-2H3. The minimum absolute atomic E-state index is 0.389. The number of halogens is 1. The largest absolute Gasteiger partial charge is 0.361 e. The van der Waals surface area contributed by atoms with Crippen LogP contribution in [0.25, 0.3) is 0 Å². The third-order valence-corrected chi connectivity index (χ3v) is 4.59. The molecule has 3 rings (SSSR count). The molecule has 0 amide bonds. The van der Waals surface area contributed by atoms with Gasteiger partial charge in [0.25, 0.3) is 0 Å². The molecule has 0 bridgehead atoms. The van der Waals surface area contributed by atoms with E-state index in [4.69, 9.17) is 4.52 Å². The van der Waals surface area contributed by atoms with Gasteiger partial charge >= 0.3 is 0 Å². The molecule has 1 fully saturated rings. The lowest BCUT2D eigenvalue weighted by Crippen LogP contribution is -2.22. The van der Waals surface area contributed by atoms with Gasteiger partial charge in [-0.3, -0.25) is 4.90 Å². The fourth-order valence-electron chi connectivity index (χ4n) is 2.95. The van der Waals surface area contributed by atoms with Gasteiger partial charge in [-0.1, -0.05) is 47.1 Å². The van der Waals surface area contributed by atoms with Crippen LogP contribution in [0.2, 0.25) is 0 Å². The average molecular weight is 349 g/mol. The van der Waals surface area contributed by atoms with E-state index in [0.717, 1.165) is 35.4 Å². The molecular weight excluding hydrogens is 328 g/mol. The van der Waals surface area contributed by atoms with Gasteiger partial charge in [0, 0.05) is 23.0 Å². The van der Waals surface area contributed by atoms with Crippen molar-refractivity contribution in [3.63, 3.8) is 0 Å². The first-order valence-electron chi connectivity index (χ1n) is 7.58. The number of likely N-dealkylation sites (tertiary alicyclic amines) is 1. The number of aromatic nitrogens is 1. The molecule has 0 aliphatic carbocycles. The molecule has 1 atom stereocenters. The number of benzene rings is 1. The minimum atomic E-state index is 0.389. The summed E-state index contributed by atoms with van der Waals surface area (Å²) in [6.45, 7) is 6.37. The van der Waals surface area contributed by atoms with Gasteiger partial charge < -0.3 is 4.52 Å². The molecule has 2 heterocycles. The molecular formula is C17H21BrN2O. The summed E-state index contributed by atoms with van der Waals surface area (Å²) in [6, 6.07) is 11.1. The highest BCUT2D eigenvalue weighted by Crippen LogP contribution is 2.33. The topological polar surface area (TPSA) is 29.3 Å². The van der Waals surface area contributed by atoms with Crippen LogP contribution in [0, 0.1) is 0 Å². The zero-order chi connectivity index (χ0) is 14.8. The molecule has 112 valence electrons. The summed E-state index contributed by atoms with van der Waals surface area (Å²) in [6.07, 6.45) is 2.39. The van der Waals surface area contributed by atoms with E-state index < -0.39 is 0 Å². The van der Waals surface area contributed by atoms with Crippen molar-refractivity contribution in [3.8, 4) is 0 Å². The van der Waals surface area contributed by atoms with Gasteiger partial charge in [-0.2, -0.15) is 0 Å². The Hall–Kier alpha value is -1.13. The van der Waals surface area contributed by atoms with Crippen molar-refractivity contribution >= 4 is 15.9 Å². The van der Waals surface area contributed by atoms with Crippen molar-refractivity contribution in [1.29, 1.82) is 0 Å². The van der Waals surface area contributed by atoms with Gasteiger partial charge in [-0.25, -0.2) is 0 Å². The van der Waals surface area contributed by atoms with Crippen molar-refractivity contribution in [3.05, 3.63) is 51.8 Å². The van der Waals surface area contributed by atoms with Gasteiger partial charge in [0.15, 0.2) is 0 Å². The first kappa shape index (κ1) is 14.8. The Morgan fingerprint density at radius 2 is 2.24 bits per heavy atom. The van der Waals surface area contributed by atoms with Crippen LogP contribution in [0.15, 0.2) is 39.3 Å². The van der Waals surface area contributed by atoms with Crippen LogP contribution in [-0.2, 0) is 6.54 Å². The van der Waals surface area contributed by atoms with Gasteiger partial charge in [0.2, 0.25) is 0 Å². The zero-order valence-corrected chi connectivity index (χ0v) is 14.1. The Bertz CT molecular complexity index is 608. The maximum Gasteiger partial charge on any atom is 0.139 e. The van der Waals surface area contributed by atoms with Crippen LogP contribution in [0.4, 0.5) is 0 Å². The highest BCUT2D eigenvalue weighted by molar-refractivity contribution is 9.10. The summed E-state index contributed by atoms with van der Waals surface area (Å²) in [7, 11) is 0. The summed E-state index contributed by atoms with van der Waals surface area (Å²) >= 11 is 3.54. The molecule has 0 spiro atoms. The predicted molar refractivity (Wildman–Crippen MR) is 87.1 cm³/mol. The lowest BCUT2D eigenvalue weighted by Gasteiger charge is -2.22. The molecule has 1 aliphatic heterocycles. The van der Waals surface area contributed by atoms with E-state index in [2.05, 4.69) is 70.2 Å². The lowest BCUT2D eigenvalue weighted by molar-refractivity contribution is 0.236. The van der Waals surface area contributed by atoms with E-state index in [0.29, 0.717) is 12.0 Å². The van der Waals surface area contributed by atoms with Crippen LogP contribution >= 0.6 is 15.9 Å². The highest BCUT2D eigenvalue weighted by atomic mass is 79.9. The number of nitrogens with zero attached hydrogens (tertiary/aromatic N) is 2. The van der Waals surface area contributed by atoms with Crippen molar-refractivity contribution in [2.24, 2.45) is 0 Å². The molecule has 0 saturated carbocycles. The summed E-state index contributed by atoms with van der Waals surface area (Å²) < 4.78 is 6.61. The number of hydrogen-bond acceptors (Lipinski definition) is 3. The van der Waals surface area contributed by atoms with Gasteiger partial charge in [0.05, 0.1) is 6.04 Å². The van der Waals surface area contributed by atoms with Gasteiger partial charge in [-0.05, 0) is 37.1 Å². The van der Waals surface area contributed by atoms with E-state index in [9.17, 15) is 0 Å². The Kier molecular flexibility index (Phi) is 4.45. The molecule has 1 aromatic heterocycles. The Balaban J connectivity index is 1.75. The third-order valence-electron chi connectivity index (χ3n) is 4.10. The second kappa shape index (κ2) is 6.32. The molecule has 0 radical (unpaired) electrons. The van der Waals surface area contributed by atoms with E-state index in [-0.39, 0.29) is 0 Å². The molecule has 1 aliphatic rings. The van der Waals surface area contributed by atoms with Crippen LogP contribution < -0.4 is 0 Å². The van der Waals surface area contributed by atoms with E-state index in [1.54, 1.807) is 0 Å². The van der Waals surface area contributed by atoms with Crippen molar-refractivity contribution in [2.75, 3.05) is 6.54 Å². The zero-order valence-electron chi connectivity index (χ0n) is 12.6. The summed E-state index contributed by atoms with van der Waals surface area (Å²) in [5, 5.41) is 4.30. The summed E-state index contributed by atoms with van der Waals surface area (Å²) in [4.78, 5) is 2.50. The van der Waals surface area contributed by atoms with E-state index in [1.807, 2.05) is 0 Å². The number of hydrogen-bond donors (Lipinski definition) is 0. The second-order valence-corrected chi connectivity index (χ2v) is 6.98. The Labute approximate surface area is 134 Å². The maximum atomic E-state index is 5.47. The smallest absolute Gasteiger partial charge is 0.139 e. The third kappa shape index (κ3) is 3.38. The Morgan fingerprint density at radius 3 is 2.95 bits per heavy atom. The van der Waals surface area contributed by atoms with Crippen molar-refractivity contribution in [2.45, 2.75) is 45.2 Å². The molecule has 1 unspecified atom stereocenters. The molecule has 1 saturated heterocycles. The Morgan fingerprint density at radius 1 is 1.38 bits per heavy atom. The fraction of sp³-hybridized carbons (Fsp3) is 0.471. The first-order chi connectivity index (χ1) is 10.1. The molecule has 3 nitrogen and oxygen atoms in total. The average Bonchev–Trinajstić information content (AvgIpc) is 3.06. The lowest BCUT2D eigenvalue weighted by atomic mass is 10.1. The van der Waals surface area contributed by atoms with Gasteiger partial charge in [0.1, 0.15) is 11.5 Å². The molecule has 1 aromatic carbocycles. The monoisotopic (exact) mass is 348 g/mol. The van der Waals surface area contributed by atoms with Crippen LogP contribution in [0.1, 0.15) is 55.7 Å². The highest BCUT2D eigenvalue weighted by Gasteiger charge is 2.28. The summed E-state index contributed by atoms with van der Waals surface area (Å²) in [5.74, 6) is 1.38. The first-order valence-corrected chi connectivity index (χ1v) is 8.38. The molecule has 21 heavy (non-hydrogen) atoms. The predicted octanol–water partition coefficient (Wildman–Crippen LogP) is 4.90. The SMILES string of the molecule is CC(C)c1cc(C2CCCN2Cc2cccc(Br)c2)no1. The second-order valence-electron chi connectivity index (χ2n) is 6.07. The van der Waals surface area contributed by atoms with Crippen LogP contribution in [0.5, 0.6) is 0 Å². The maximum absolute atomic E-state index is 5.47. The minimum Gasteiger partial charge on any atom is -0.361 e. The summed E-state index contributed by atoms with van der Waals surface area (Å²) in [5.41, 5.74) is 2.43. The normalized spacial score (nSPS) is 19.5. The van der Waals surface area contributed by atoms with E-state index in [1.165, 1.54) is 12.0 Å². The van der Waals surface area contributed by atoms with Crippen molar-refractivity contribution < 1.29 is 4.52 Å². The van der Waals surface area contributed by atoms with Crippen molar-refractivity contribution in [1.82, 2.24) is 10.1 Å². The number of rotatable bonds is 4. The van der Waals surface area contributed by atoms with Crippen LogP contribution in [-0.4, -0.2) is 16.6 Å². The van der Waals surface area contributed by atoms with Crippen LogP contribution in [0.3, 0.4) is 0 Å². The van der Waals surface area contributed by atoms with Gasteiger partial charge in [-0.15, -0.1) is 0 Å². The molecule has 0 N–H and O–H groups in total. The van der Waals surface area contributed by atoms with E-state index >= 15 is 0 Å². The molecule has 4 heteroatoms.